The highest BCUT2D eigenvalue weighted by molar-refractivity contribution is 9.10. The Labute approximate surface area is 184 Å². The molecule has 0 saturated carbocycles. The number of aromatic nitrogens is 2. The van der Waals surface area contributed by atoms with Crippen molar-refractivity contribution in [1.82, 2.24) is 9.66 Å². The topological polar surface area (TPSA) is 56.5 Å². The van der Waals surface area contributed by atoms with Crippen LogP contribution in [0.15, 0.2) is 49.2 Å². The third kappa shape index (κ3) is 4.16. The number of rotatable bonds is 5. The zero-order chi connectivity index (χ0) is 20.4. The second-order valence-electron chi connectivity index (χ2n) is 6.32. The highest BCUT2D eigenvalue weighted by Crippen LogP contribution is 2.33. The molecule has 0 amide bonds. The summed E-state index contributed by atoms with van der Waals surface area (Å²) in [4.78, 5) is 17.8. The van der Waals surface area contributed by atoms with Crippen molar-refractivity contribution in [3.8, 4) is 5.75 Å². The van der Waals surface area contributed by atoms with Crippen molar-refractivity contribution in [3.63, 3.8) is 0 Å². The van der Waals surface area contributed by atoms with Crippen LogP contribution in [0.4, 0.5) is 0 Å². The Morgan fingerprint density at radius 3 is 2.71 bits per heavy atom. The molecule has 0 aliphatic rings. The molecule has 0 unspecified atom stereocenters. The van der Waals surface area contributed by atoms with Gasteiger partial charge in [-0.25, -0.2) is 4.98 Å². The maximum absolute atomic E-state index is 13.1. The molecule has 1 heterocycles. The third-order valence-electron chi connectivity index (χ3n) is 4.43. The Hall–Kier alpha value is -1.70. The molecule has 3 aromatic rings. The SMILES string of the molecule is CC[C@@H](C)c1nc2ccc(Br)cc2c(=O)n1N=Cc1cc(Cl)c(OC)c(Br)c1. The number of nitrogens with zero attached hydrogens (tertiary/aromatic N) is 3. The average Bonchev–Trinajstić information content (AvgIpc) is 2.66. The van der Waals surface area contributed by atoms with E-state index >= 15 is 0 Å². The van der Waals surface area contributed by atoms with Gasteiger partial charge in [-0.15, -0.1) is 0 Å². The first-order chi connectivity index (χ1) is 13.3. The first-order valence-electron chi connectivity index (χ1n) is 8.65. The number of halogens is 3. The van der Waals surface area contributed by atoms with E-state index in [0.29, 0.717) is 32.0 Å². The predicted octanol–water partition coefficient (Wildman–Crippen LogP) is 5.98. The Morgan fingerprint density at radius 1 is 1.32 bits per heavy atom. The first kappa shape index (κ1) is 21.0. The molecular formula is C20H18Br2ClN3O2. The van der Waals surface area contributed by atoms with E-state index in [4.69, 9.17) is 21.3 Å². The summed E-state index contributed by atoms with van der Waals surface area (Å²) in [5.74, 6) is 1.25. The summed E-state index contributed by atoms with van der Waals surface area (Å²) in [6.45, 7) is 4.08. The van der Waals surface area contributed by atoms with Crippen molar-refractivity contribution in [2.24, 2.45) is 5.10 Å². The van der Waals surface area contributed by atoms with Gasteiger partial charge >= 0.3 is 0 Å². The number of hydrogen-bond donors (Lipinski definition) is 0. The molecule has 0 aliphatic carbocycles. The van der Waals surface area contributed by atoms with Crippen LogP contribution in [0, 0.1) is 0 Å². The van der Waals surface area contributed by atoms with Crippen LogP contribution in [0.2, 0.25) is 5.02 Å². The summed E-state index contributed by atoms with van der Waals surface area (Å²) in [6, 6.07) is 9.03. The number of ether oxygens (including phenoxy) is 1. The summed E-state index contributed by atoms with van der Waals surface area (Å²) < 4.78 is 8.14. The van der Waals surface area contributed by atoms with Crippen molar-refractivity contribution in [2.45, 2.75) is 26.2 Å². The monoisotopic (exact) mass is 525 g/mol. The van der Waals surface area contributed by atoms with E-state index in [0.717, 1.165) is 16.5 Å². The highest BCUT2D eigenvalue weighted by Gasteiger charge is 2.16. The van der Waals surface area contributed by atoms with Crippen LogP contribution in [0.1, 0.15) is 37.6 Å². The summed E-state index contributed by atoms with van der Waals surface area (Å²) in [5, 5.41) is 5.40. The molecule has 0 N–H and O–H groups in total. The number of methoxy groups -OCH3 is 1. The minimum atomic E-state index is -0.212. The molecular weight excluding hydrogens is 510 g/mol. The summed E-state index contributed by atoms with van der Waals surface area (Å²) in [7, 11) is 1.55. The van der Waals surface area contributed by atoms with Crippen LogP contribution in [0.25, 0.3) is 10.9 Å². The zero-order valence-electron chi connectivity index (χ0n) is 15.5. The molecule has 5 nitrogen and oxygen atoms in total. The fourth-order valence-electron chi connectivity index (χ4n) is 2.75. The largest absolute Gasteiger partial charge is 0.494 e. The van der Waals surface area contributed by atoms with Gasteiger partial charge in [0.15, 0.2) is 5.75 Å². The Kier molecular flexibility index (Phi) is 6.58. The molecule has 2 aromatic carbocycles. The fourth-order valence-corrected chi connectivity index (χ4v) is 4.17. The first-order valence-corrected chi connectivity index (χ1v) is 10.6. The standard InChI is InChI=1S/C20H18Br2ClN3O2/c1-4-11(2)19-25-17-6-5-13(21)9-14(17)20(27)26(19)24-10-12-7-15(22)18(28-3)16(23)8-12/h5-11H,4H2,1-3H3/t11-/m1/s1. The van der Waals surface area contributed by atoms with Crippen LogP contribution < -0.4 is 10.3 Å². The van der Waals surface area contributed by atoms with Crippen molar-refractivity contribution < 1.29 is 4.74 Å². The number of benzene rings is 2. The van der Waals surface area contributed by atoms with Gasteiger partial charge < -0.3 is 4.74 Å². The zero-order valence-corrected chi connectivity index (χ0v) is 19.5. The van der Waals surface area contributed by atoms with Crippen molar-refractivity contribution in [3.05, 3.63) is 66.0 Å². The molecule has 28 heavy (non-hydrogen) atoms. The van der Waals surface area contributed by atoms with E-state index in [9.17, 15) is 4.79 Å². The number of hydrogen-bond acceptors (Lipinski definition) is 4. The van der Waals surface area contributed by atoms with Crippen molar-refractivity contribution in [1.29, 1.82) is 0 Å². The van der Waals surface area contributed by atoms with Crippen molar-refractivity contribution in [2.75, 3.05) is 7.11 Å². The van der Waals surface area contributed by atoms with Gasteiger partial charge in [-0.05, 0) is 58.2 Å². The maximum atomic E-state index is 13.1. The second-order valence-corrected chi connectivity index (χ2v) is 8.50. The molecule has 1 atom stereocenters. The second kappa shape index (κ2) is 8.76. The molecule has 0 saturated heterocycles. The van der Waals surface area contributed by atoms with Gasteiger partial charge in [0.25, 0.3) is 5.56 Å². The van der Waals surface area contributed by atoms with Gasteiger partial charge in [0, 0.05) is 10.4 Å². The van der Waals surface area contributed by atoms with Crippen LogP contribution in [0.3, 0.4) is 0 Å². The van der Waals surface area contributed by atoms with E-state index in [-0.39, 0.29) is 11.5 Å². The smallest absolute Gasteiger partial charge is 0.282 e. The van der Waals surface area contributed by atoms with Gasteiger partial charge in [-0.1, -0.05) is 41.4 Å². The van der Waals surface area contributed by atoms with Crippen LogP contribution in [-0.4, -0.2) is 23.0 Å². The van der Waals surface area contributed by atoms with E-state index in [1.165, 1.54) is 4.68 Å². The Balaban J connectivity index is 2.17. The molecule has 0 spiro atoms. The van der Waals surface area contributed by atoms with Crippen LogP contribution >= 0.6 is 43.5 Å². The number of fused-ring (bicyclic) bond motifs is 1. The lowest BCUT2D eigenvalue weighted by Gasteiger charge is -2.14. The molecule has 0 bridgehead atoms. The highest BCUT2D eigenvalue weighted by atomic mass is 79.9. The van der Waals surface area contributed by atoms with Crippen LogP contribution in [0.5, 0.6) is 5.75 Å². The maximum Gasteiger partial charge on any atom is 0.282 e. The van der Waals surface area contributed by atoms with Gasteiger partial charge in [-0.2, -0.15) is 9.78 Å². The van der Waals surface area contributed by atoms with Crippen LogP contribution in [-0.2, 0) is 0 Å². The quantitative estimate of drug-likeness (QED) is 0.384. The van der Waals surface area contributed by atoms with E-state index in [2.05, 4.69) is 43.9 Å². The molecule has 1 aromatic heterocycles. The summed E-state index contributed by atoms with van der Waals surface area (Å²) in [6.07, 6.45) is 2.43. The fraction of sp³-hybridized carbons (Fsp3) is 0.250. The minimum Gasteiger partial charge on any atom is -0.494 e. The van der Waals surface area contributed by atoms with E-state index in [1.807, 2.05) is 25.1 Å². The molecule has 8 heteroatoms. The van der Waals surface area contributed by atoms with E-state index in [1.54, 1.807) is 25.5 Å². The average molecular weight is 528 g/mol. The normalized spacial score (nSPS) is 12.6. The molecule has 0 fully saturated rings. The Bertz CT molecular complexity index is 1110. The Morgan fingerprint density at radius 2 is 2.07 bits per heavy atom. The van der Waals surface area contributed by atoms with Gasteiger partial charge in [0.05, 0.1) is 33.7 Å². The predicted molar refractivity (Wildman–Crippen MR) is 121 cm³/mol. The van der Waals surface area contributed by atoms with E-state index < -0.39 is 0 Å². The molecule has 146 valence electrons. The van der Waals surface area contributed by atoms with Crippen molar-refractivity contribution >= 4 is 60.6 Å². The summed E-state index contributed by atoms with van der Waals surface area (Å²) >= 11 is 13.1. The molecule has 3 rings (SSSR count). The molecule has 0 radical (unpaired) electrons. The van der Waals surface area contributed by atoms with Gasteiger partial charge in [-0.3, -0.25) is 4.79 Å². The summed E-state index contributed by atoms with van der Waals surface area (Å²) in [5.41, 5.74) is 1.18. The lowest BCUT2D eigenvalue weighted by molar-refractivity contribution is 0.412. The van der Waals surface area contributed by atoms with Gasteiger partial charge in [0.1, 0.15) is 5.82 Å². The minimum absolute atomic E-state index is 0.0732. The lowest BCUT2D eigenvalue weighted by atomic mass is 10.1. The molecule has 0 aliphatic heterocycles. The third-order valence-corrected chi connectivity index (χ3v) is 5.80. The van der Waals surface area contributed by atoms with Gasteiger partial charge in [0.2, 0.25) is 0 Å². The lowest BCUT2D eigenvalue weighted by Crippen LogP contribution is -2.23.